The minimum atomic E-state index is -0.125. The first kappa shape index (κ1) is 15.7. The molecular formula is C16H23N5O2. The van der Waals surface area contributed by atoms with Crippen molar-refractivity contribution in [2.75, 3.05) is 19.8 Å². The molecule has 1 fully saturated rings. The van der Waals surface area contributed by atoms with E-state index in [4.69, 9.17) is 4.74 Å². The lowest BCUT2D eigenvalue weighted by molar-refractivity contribution is -0.140. The molecule has 1 aliphatic heterocycles. The van der Waals surface area contributed by atoms with Crippen molar-refractivity contribution in [2.45, 2.75) is 32.7 Å². The first-order valence-electron chi connectivity index (χ1n) is 7.92. The quantitative estimate of drug-likeness (QED) is 0.922. The van der Waals surface area contributed by atoms with Crippen molar-refractivity contribution in [3.8, 4) is 0 Å². The number of carbonyl (C=O) groups excluding carboxylic acids is 1. The second-order valence-corrected chi connectivity index (χ2v) is 6.01. The van der Waals surface area contributed by atoms with Gasteiger partial charge in [0.25, 0.3) is 0 Å². The van der Waals surface area contributed by atoms with Crippen LogP contribution < -0.4 is 0 Å². The molecule has 2 aromatic heterocycles. The summed E-state index contributed by atoms with van der Waals surface area (Å²) in [5, 5.41) is 4.23. The number of carbonyl (C=O) groups is 1. The fourth-order valence-electron chi connectivity index (χ4n) is 2.91. The van der Waals surface area contributed by atoms with Crippen LogP contribution >= 0.6 is 0 Å². The van der Waals surface area contributed by atoms with Gasteiger partial charge in [-0.25, -0.2) is 4.98 Å². The van der Waals surface area contributed by atoms with Crippen LogP contribution in [0.15, 0.2) is 12.4 Å². The number of aromatic nitrogens is 4. The van der Waals surface area contributed by atoms with E-state index in [1.165, 1.54) is 0 Å². The molecule has 0 bridgehead atoms. The minimum absolute atomic E-state index is 0.125. The van der Waals surface area contributed by atoms with E-state index in [9.17, 15) is 4.79 Å². The Bertz CT molecular complexity index is 690. The third-order valence-electron chi connectivity index (χ3n) is 4.43. The summed E-state index contributed by atoms with van der Waals surface area (Å²) in [5.74, 6) is 0.934. The van der Waals surface area contributed by atoms with Crippen LogP contribution in [0.5, 0.6) is 0 Å². The molecule has 7 heteroatoms. The van der Waals surface area contributed by atoms with Crippen molar-refractivity contribution in [1.82, 2.24) is 24.6 Å². The van der Waals surface area contributed by atoms with Crippen LogP contribution in [0, 0.1) is 13.8 Å². The van der Waals surface area contributed by atoms with E-state index in [1.807, 2.05) is 36.7 Å². The highest BCUT2D eigenvalue weighted by atomic mass is 16.5. The zero-order valence-corrected chi connectivity index (χ0v) is 13.9. The number of aromatic amines is 1. The van der Waals surface area contributed by atoms with Crippen LogP contribution in [0.4, 0.5) is 0 Å². The van der Waals surface area contributed by atoms with Gasteiger partial charge in [-0.05, 0) is 25.8 Å². The molecule has 1 atom stereocenters. The van der Waals surface area contributed by atoms with E-state index in [0.29, 0.717) is 32.6 Å². The van der Waals surface area contributed by atoms with Crippen LogP contribution in [0.25, 0.3) is 0 Å². The predicted octanol–water partition coefficient (Wildman–Crippen LogP) is 1.29. The smallest absolute Gasteiger partial charge is 0.223 e. The van der Waals surface area contributed by atoms with E-state index >= 15 is 0 Å². The molecule has 0 spiro atoms. The first-order chi connectivity index (χ1) is 11.1. The van der Waals surface area contributed by atoms with Crippen molar-refractivity contribution in [2.24, 2.45) is 7.05 Å². The molecule has 0 aliphatic carbocycles. The topological polar surface area (TPSA) is 76.0 Å². The summed E-state index contributed by atoms with van der Waals surface area (Å²) in [4.78, 5) is 22.1. The maximum atomic E-state index is 12.7. The molecule has 7 nitrogen and oxygen atoms in total. The summed E-state index contributed by atoms with van der Waals surface area (Å²) in [6.07, 6.45) is 4.81. The maximum Gasteiger partial charge on any atom is 0.223 e. The van der Waals surface area contributed by atoms with Crippen LogP contribution in [-0.4, -0.2) is 50.3 Å². The zero-order valence-electron chi connectivity index (χ0n) is 13.9. The Balaban J connectivity index is 1.68. The molecule has 3 rings (SSSR count). The Labute approximate surface area is 135 Å². The fourth-order valence-corrected chi connectivity index (χ4v) is 2.91. The molecule has 3 heterocycles. The van der Waals surface area contributed by atoms with E-state index in [2.05, 4.69) is 15.1 Å². The van der Waals surface area contributed by atoms with Gasteiger partial charge in [-0.1, -0.05) is 0 Å². The molecule has 2 aromatic rings. The van der Waals surface area contributed by atoms with Gasteiger partial charge in [0, 0.05) is 37.6 Å². The van der Waals surface area contributed by atoms with Gasteiger partial charge in [0.1, 0.15) is 11.9 Å². The average Bonchev–Trinajstić information content (AvgIpc) is 3.12. The van der Waals surface area contributed by atoms with Gasteiger partial charge in [-0.3, -0.25) is 9.48 Å². The van der Waals surface area contributed by atoms with Crippen LogP contribution in [-0.2, 0) is 23.0 Å². The predicted molar refractivity (Wildman–Crippen MR) is 84.9 cm³/mol. The highest BCUT2D eigenvalue weighted by Crippen LogP contribution is 2.23. The molecule has 0 saturated carbocycles. The minimum Gasteiger partial charge on any atom is -0.377 e. The molecule has 0 aromatic carbocycles. The molecule has 1 N–H and O–H groups in total. The Hall–Kier alpha value is -2.15. The van der Waals surface area contributed by atoms with Crippen molar-refractivity contribution >= 4 is 5.91 Å². The van der Waals surface area contributed by atoms with Crippen LogP contribution in [0.2, 0.25) is 0 Å². The summed E-state index contributed by atoms with van der Waals surface area (Å²) in [6, 6.07) is -0.125. The normalized spacial score (nSPS) is 18.4. The highest BCUT2D eigenvalue weighted by Gasteiger charge is 2.30. The van der Waals surface area contributed by atoms with Gasteiger partial charge >= 0.3 is 0 Å². The Morgan fingerprint density at radius 2 is 2.26 bits per heavy atom. The molecule has 23 heavy (non-hydrogen) atoms. The summed E-state index contributed by atoms with van der Waals surface area (Å²) in [5.41, 5.74) is 3.22. The number of rotatable bonds is 4. The number of nitrogens with zero attached hydrogens (tertiary/aromatic N) is 4. The number of amides is 1. The third-order valence-corrected chi connectivity index (χ3v) is 4.43. The van der Waals surface area contributed by atoms with Crippen molar-refractivity contribution in [3.63, 3.8) is 0 Å². The lowest BCUT2D eigenvalue weighted by Crippen LogP contribution is -2.44. The largest absolute Gasteiger partial charge is 0.377 e. The molecule has 1 amide bonds. The van der Waals surface area contributed by atoms with E-state index in [1.54, 1.807) is 6.20 Å². The number of nitrogens with one attached hydrogen (secondary N) is 1. The molecule has 1 saturated heterocycles. The number of imidazole rings is 1. The van der Waals surface area contributed by atoms with E-state index in [-0.39, 0.29) is 11.9 Å². The van der Waals surface area contributed by atoms with Gasteiger partial charge in [0.2, 0.25) is 5.91 Å². The molecule has 124 valence electrons. The van der Waals surface area contributed by atoms with Crippen LogP contribution in [0.1, 0.15) is 35.2 Å². The summed E-state index contributed by atoms with van der Waals surface area (Å²) < 4.78 is 7.38. The molecule has 0 unspecified atom stereocenters. The lowest BCUT2D eigenvalue weighted by Gasteiger charge is -2.34. The lowest BCUT2D eigenvalue weighted by atomic mass is 10.1. The summed E-state index contributed by atoms with van der Waals surface area (Å²) in [6.45, 7) is 5.65. The van der Waals surface area contributed by atoms with Gasteiger partial charge in [0.05, 0.1) is 19.4 Å². The van der Waals surface area contributed by atoms with Crippen molar-refractivity contribution < 1.29 is 9.53 Å². The summed E-state index contributed by atoms with van der Waals surface area (Å²) >= 11 is 0. The van der Waals surface area contributed by atoms with Gasteiger partial charge in [-0.15, -0.1) is 0 Å². The number of H-pyrrole nitrogens is 1. The summed E-state index contributed by atoms with van der Waals surface area (Å²) in [7, 11) is 1.91. The Morgan fingerprint density at radius 1 is 1.43 bits per heavy atom. The van der Waals surface area contributed by atoms with E-state index < -0.39 is 0 Å². The standard InChI is InChI=1S/C16H23N5O2/c1-11-8-17-16(19-11)14-10-23-7-6-21(14)15(22)5-4-13-9-18-20(3)12(13)2/h8-9,14H,4-7,10H2,1-3H3,(H,17,19)/t14-/m1/s1. The maximum absolute atomic E-state index is 12.7. The molecule has 1 aliphatic rings. The number of morpholine rings is 1. The third kappa shape index (κ3) is 3.29. The van der Waals surface area contributed by atoms with Crippen LogP contribution in [0.3, 0.4) is 0 Å². The Kier molecular flexibility index (Phi) is 4.47. The SMILES string of the molecule is Cc1cnc([C@H]2COCCN2C(=O)CCc2cnn(C)c2C)[nH]1. The second kappa shape index (κ2) is 6.54. The average molecular weight is 317 g/mol. The Morgan fingerprint density at radius 3 is 2.91 bits per heavy atom. The zero-order chi connectivity index (χ0) is 16.4. The number of aryl methyl sites for hydroxylation is 3. The number of ether oxygens (including phenoxy) is 1. The van der Waals surface area contributed by atoms with Gasteiger partial charge in [0.15, 0.2) is 0 Å². The van der Waals surface area contributed by atoms with E-state index in [0.717, 1.165) is 22.8 Å². The fraction of sp³-hybridized carbons (Fsp3) is 0.562. The number of hydrogen-bond donors (Lipinski definition) is 1. The highest BCUT2D eigenvalue weighted by molar-refractivity contribution is 5.77. The van der Waals surface area contributed by atoms with Crippen molar-refractivity contribution in [1.29, 1.82) is 0 Å². The van der Waals surface area contributed by atoms with Gasteiger partial charge < -0.3 is 14.6 Å². The monoisotopic (exact) mass is 317 g/mol. The van der Waals surface area contributed by atoms with Crippen molar-refractivity contribution in [3.05, 3.63) is 35.2 Å². The molecular weight excluding hydrogens is 294 g/mol. The molecule has 0 radical (unpaired) electrons. The second-order valence-electron chi connectivity index (χ2n) is 6.01. The number of hydrogen-bond acceptors (Lipinski definition) is 4. The first-order valence-corrected chi connectivity index (χ1v) is 7.92. The van der Waals surface area contributed by atoms with Gasteiger partial charge in [-0.2, -0.15) is 5.10 Å².